The molecule has 1 rings (SSSR count). The number of hydrogen-bond acceptors (Lipinski definition) is 3. The van der Waals surface area contributed by atoms with Crippen LogP contribution in [0.3, 0.4) is 0 Å². The van der Waals surface area contributed by atoms with E-state index in [1.807, 2.05) is 25.1 Å². The van der Waals surface area contributed by atoms with E-state index in [0.29, 0.717) is 13.2 Å². The highest BCUT2D eigenvalue weighted by Crippen LogP contribution is 2.19. The Bertz CT molecular complexity index is 402. The zero-order chi connectivity index (χ0) is 12.5. The predicted molar refractivity (Wildman–Crippen MR) is 67.1 cm³/mol. The second-order valence-electron chi connectivity index (χ2n) is 3.65. The van der Waals surface area contributed by atoms with Crippen LogP contribution in [0.1, 0.15) is 17.5 Å². The van der Waals surface area contributed by atoms with E-state index < -0.39 is 0 Å². The van der Waals surface area contributed by atoms with Gasteiger partial charge >= 0.3 is 0 Å². The summed E-state index contributed by atoms with van der Waals surface area (Å²) in [7, 11) is 1.67. The van der Waals surface area contributed by atoms with Gasteiger partial charge in [-0.3, -0.25) is 0 Å². The van der Waals surface area contributed by atoms with Crippen LogP contribution in [-0.4, -0.2) is 32.0 Å². The second kappa shape index (κ2) is 7.72. The third-order valence-electron chi connectivity index (χ3n) is 2.19. The Morgan fingerprint density at radius 3 is 2.82 bits per heavy atom. The minimum Gasteiger partial charge on any atom is -0.492 e. The van der Waals surface area contributed by atoms with Crippen molar-refractivity contribution in [3.63, 3.8) is 0 Å². The van der Waals surface area contributed by atoms with Gasteiger partial charge in [-0.2, -0.15) is 0 Å². The van der Waals surface area contributed by atoms with Crippen molar-refractivity contribution in [2.24, 2.45) is 0 Å². The lowest BCUT2D eigenvalue weighted by atomic mass is 10.1. The summed E-state index contributed by atoms with van der Waals surface area (Å²) in [6, 6.07) is 5.84. The van der Waals surface area contributed by atoms with E-state index in [2.05, 4.69) is 11.8 Å². The Morgan fingerprint density at radius 1 is 1.29 bits per heavy atom. The number of methoxy groups -OCH3 is 1. The van der Waals surface area contributed by atoms with Crippen molar-refractivity contribution < 1.29 is 14.6 Å². The van der Waals surface area contributed by atoms with Gasteiger partial charge in [-0.25, -0.2) is 0 Å². The molecule has 0 aliphatic heterocycles. The topological polar surface area (TPSA) is 38.7 Å². The minimum atomic E-state index is -0.142. The Kier molecular flexibility index (Phi) is 6.16. The zero-order valence-corrected chi connectivity index (χ0v) is 10.3. The molecule has 0 amide bonds. The molecule has 17 heavy (non-hydrogen) atoms. The zero-order valence-electron chi connectivity index (χ0n) is 10.3. The van der Waals surface area contributed by atoms with Crippen LogP contribution in [0.5, 0.6) is 5.75 Å². The average molecular weight is 234 g/mol. The fraction of sp³-hybridized carbons (Fsp3) is 0.429. The SMILES string of the molecule is COCCCOc1ccc(C)cc1C#CCO. The van der Waals surface area contributed by atoms with Gasteiger partial charge < -0.3 is 14.6 Å². The van der Waals surface area contributed by atoms with E-state index in [4.69, 9.17) is 14.6 Å². The average Bonchev–Trinajstić information content (AvgIpc) is 2.34. The van der Waals surface area contributed by atoms with E-state index in [9.17, 15) is 0 Å². The normalized spacial score (nSPS) is 9.59. The summed E-state index contributed by atoms with van der Waals surface area (Å²) in [5.74, 6) is 6.28. The Labute approximate surface area is 102 Å². The largest absolute Gasteiger partial charge is 0.492 e. The summed E-state index contributed by atoms with van der Waals surface area (Å²) in [6.45, 7) is 3.14. The molecular formula is C14H18O3. The molecule has 0 atom stereocenters. The number of hydrogen-bond donors (Lipinski definition) is 1. The summed E-state index contributed by atoms with van der Waals surface area (Å²) >= 11 is 0. The molecule has 92 valence electrons. The Morgan fingerprint density at radius 2 is 2.12 bits per heavy atom. The molecule has 0 aromatic heterocycles. The summed E-state index contributed by atoms with van der Waals surface area (Å²) in [5, 5.41) is 8.70. The molecule has 0 saturated heterocycles. The number of aliphatic hydroxyl groups excluding tert-OH is 1. The van der Waals surface area contributed by atoms with Crippen molar-refractivity contribution in [2.75, 3.05) is 26.9 Å². The van der Waals surface area contributed by atoms with Crippen LogP contribution < -0.4 is 4.74 Å². The van der Waals surface area contributed by atoms with Gasteiger partial charge in [0.15, 0.2) is 0 Å². The van der Waals surface area contributed by atoms with Crippen molar-refractivity contribution in [1.29, 1.82) is 0 Å². The van der Waals surface area contributed by atoms with Crippen LogP contribution in [0.4, 0.5) is 0 Å². The van der Waals surface area contributed by atoms with Crippen LogP contribution in [0, 0.1) is 18.8 Å². The first-order chi connectivity index (χ1) is 8.27. The number of ether oxygens (including phenoxy) is 2. The van der Waals surface area contributed by atoms with E-state index in [-0.39, 0.29) is 6.61 Å². The van der Waals surface area contributed by atoms with Gasteiger partial charge in [0.05, 0.1) is 12.2 Å². The standard InChI is InChI=1S/C14H18O3/c1-12-6-7-14(17-10-4-9-16-2)13(11-12)5-3-8-15/h6-7,11,15H,4,8-10H2,1-2H3. The first-order valence-corrected chi connectivity index (χ1v) is 5.60. The molecule has 3 nitrogen and oxygen atoms in total. The van der Waals surface area contributed by atoms with Gasteiger partial charge in [-0.05, 0) is 24.6 Å². The Balaban J connectivity index is 2.69. The first kappa shape index (κ1) is 13.6. The molecule has 0 unspecified atom stereocenters. The summed E-state index contributed by atoms with van der Waals surface area (Å²) in [5.41, 5.74) is 1.94. The maximum Gasteiger partial charge on any atom is 0.134 e. The fourth-order valence-corrected chi connectivity index (χ4v) is 1.39. The van der Waals surface area contributed by atoms with Crippen molar-refractivity contribution >= 4 is 0 Å². The summed E-state index contributed by atoms with van der Waals surface area (Å²) in [4.78, 5) is 0. The van der Waals surface area contributed by atoms with Crippen molar-refractivity contribution in [3.05, 3.63) is 29.3 Å². The smallest absolute Gasteiger partial charge is 0.134 e. The number of aliphatic hydroxyl groups is 1. The van der Waals surface area contributed by atoms with Crippen LogP contribution in [0.25, 0.3) is 0 Å². The minimum absolute atomic E-state index is 0.142. The maximum absolute atomic E-state index is 8.70. The molecule has 0 heterocycles. The van der Waals surface area contributed by atoms with Gasteiger partial charge in [0.25, 0.3) is 0 Å². The van der Waals surface area contributed by atoms with Crippen LogP contribution >= 0.6 is 0 Å². The monoisotopic (exact) mass is 234 g/mol. The predicted octanol–water partition coefficient (Wildman–Crippen LogP) is 1.75. The van der Waals surface area contributed by atoms with Gasteiger partial charge in [-0.1, -0.05) is 17.9 Å². The number of benzene rings is 1. The van der Waals surface area contributed by atoms with Crippen LogP contribution in [0.2, 0.25) is 0 Å². The molecule has 3 heteroatoms. The third-order valence-corrected chi connectivity index (χ3v) is 2.19. The van der Waals surface area contributed by atoms with Gasteiger partial charge in [0.1, 0.15) is 12.4 Å². The molecule has 0 radical (unpaired) electrons. The molecule has 0 fully saturated rings. The van der Waals surface area contributed by atoms with Crippen molar-refractivity contribution in [2.45, 2.75) is 13.3 Å². The molecule has 1 aromatic carbocycles. The highest BCUT2D eigenvalue weighted by Gasteiger charge is 2.01. The first-order valence-electron chi connectivity index (χ1n) is 5.60. The third kappa shape index (κ3) is 4.90. The van der Waals surface area contributed by atoms with E-state index in [1.165, 1.54) is 0 Å². The molecular weight excluding hydrogens is 216 g/mol. The molecule has 0 aliphatic rings. The molecule has 0 aliphatic carbocycles. The van der Waals surface area contributed by atoms with E-state index >= 15 is 0 Å². The fourth-order valence-electron chi connectivity index (χ4n) is 1.39. The van der Waals surface area contributed by atoms with Crippen LogP contribution in [-0.2, 0) is 4.74 Å². The molecule has 1 aromatic rings. The van der Waals surface area contributed by atoms with Crippen molar-refractivity contribution in [1.82, 2.24) is 0 Å². The highest BCUT2D eigenvalue weighted by atomic mass is 16.5. The lowest BCUT2D eigenvalue weighted by molar-refractivity contribution is 0.172. The lowest BCUT2D eigenvalue weighted by Gasteiger charge is -2.08. The maximum atomic E-state index is 8.70. The molecule has 0 spiro atoms. The molecule has 1 N–H and O–H groups in total. The number of aryl methyl sites for hydroxylation is 1. The molecule has 0 bridgehead atoms. The molecule has 0 saturated carbocycles. The highest BCUT2D eigenvalue weighted by molar-refractivity contribution is 5.48. The van der Waals surface area contributed by atoms with Gasteiger partial charge in [-0.15, -0.1) is 0 Å². The van der Waals surface area contributed by atoms with Crippen molar-refractivity contribution in [3.8, 4) is 17.6 Å². The lowest BCUT2D eigenvalue weighted by Crippen LogP contribution is -2.02. The van der Waals surface area contributed by atoms with Crippen LogP contribution in [0.15, 0.2) is 18.2 Å². The van der Waals surface area contributed by atoms with Gasteiger partial charge in [0, 0.05) is 20.1 Å². The number of rotatable bonds is 5. The van der Waals surface area contributed by atoms with E-state index in [0.717, 1.165) is 23.3 Å². The summed E-state index contributed by atoms with van der Waals surface area (Å²) < 4.78 is 10.6. The van der Waals surface area contributed by atoms with Gasteiger partial charge in [0.2, 0.25) is 0 Å². The quantitative estimate of drug-likeness (QED) is 0.623. The van der Waals surface area contributed by atoms with E-state index in [1.54, 1.807) is 7.11 Å². The second-order valence-corrected chi connectivity index (χ2v) is 3.65. The summed E-state index contributed by atoms with van der Waals surface area (Å²) in [6.07, 6.45) is 0.844. The Hall–Kier alpha value is -1.50.